The lowest BCUT2D eigenvalue weighted by molar-refractivity contribution is 0.0476. The average Bonchev–Trinajstić information content (AvgIpc) is 2.87. The second kappa shape index (κ2) is 7.15. The van der Waals surface area contributed by atoms with Crippen molar-refractivity contribution >= 4 is 22.7 Å². The molecule has 1 aliphatic rings. The Kier molecular flexibility index (Phi) is 4.54. The molecule has 0 radical (unpaired) electrons. The molecule has 0 aliphatic carbocycles. The molecule has 0 atom stereocenters. The number of ketones is 1. The summed E-state index contributed by atoms with van der Waals surface area (Å²) in [7, 11) is 1.86. The number of nitrogens with zero attached hydrogens (tertiary/aromatic N) is 1. The fourth-order valence-electron chi connectivity index (χ4n) is 3.13. The first-order valence-electron chi connectivity index (χ1n) is 8.77. The fraction of sp³-hybridized carbons (Fsp3) is 0.238. The predicted molar refractivity (Wildman–Crippen MR) is 99.6 cm³/mol. The van der Waals surface area contributed by atoms with Crippen molar-refractivity contribution in [2.24, 2.45) is 7.05 Å². The van der Waals surface area contributed by atoms with Crippen LogP contribution in [0.4, 0.5) is 0 Å². The number of aryl methyl sites for hydroxylation is 1. The van der Waals surface area contributed by atoms with Gasteiger partial charge in [0.15, 0.2) is 23.9 Å². The van der Waals surface area contributed by atoms with Gasteiger partial charge in [-0.2, -0.15) is 0 Å². The van der Waals surface area contributed by atoms with E-state index in [9.17, 15) is 9.59 Å². The Bertz CT molecular complexity index is 1020. The Balaban J connectivity index is 1.47. The van der Waals surface area contributed by atoms with Gasteiger partial charge in [0.2, 0.25) is 0 Å². The molecular weight excluding hydrogens is 346 g/mol. The van der Waals surface area contributed by atoms with Crippen LogP contribution in [0.25, 0.3) is 10.9 Å². The van der Waals surface area contributed by atoms with E-state index in [0.717, 1.165) is 17.3 Å². The van der Waals surface area contributed by atoms with Gasteiger partial charge in [-0.15, -0.1) is 0 Å². The van der Waals surface area contributed by atoms with Crippen LogP contribution in [0.3, 0.4) is 0 Å². The number of fused-ring (bicyclic) bond motifs is 2. The van der Waals surface area contributed by atoms with Crippen LogP contribution in [0.15, 0.2) is 48.7 Å². The van der Waals surface area contributed by atoms with Crippen LogP contribution in [-0.4, -0.2) is 36.1 Å². The third kappa shape index (κ3) is 3.38. The van der Waals surface area contributed by atoms with E-state index in [1.165, 1.54) is 0 Å². The summed E-state index contributed by atoms with van der Waals surface area (Å²) in [6, 6.07) is 12.6. The first-order valence-corrected chi connectivity index (χ1v) is 8.77. The van der Waals surface area contributed by atoms with Crippen molar-refractivity contribution in [2.45, 2.75) is 6.42 Å². The van der Waals surface area contributed by atoms with Crippen LogP contribution in [0, 0.1) is 0 Å². The lowest BCUT2D eigenvalue weighted by Gasteiger charge is -2.09. The average molecular weight is 365 g/mol. The maximum absolute atomic E-state index is 12.5. The summed E-state index contributed by atoms with van der Waals surface area (Å²) in [6.07, 6.45) is 2.51. The topological polar surface area (TPSA) is 66.8 Å². The van der Waals surface area contributed by atoms with E-state index < -0.39 is 5.97 Å². The van der Waals surface area contributed by atoms with E-state index >= 15 is 0 Å². The minimum atomic E-state index is -0.519. The van der Waals surface area contributed by atoms with E-state index in [4.69, 9.17) is 14.2 Å². The summed E-state index contributed by atoms with van der Waals surface area (Å²) in [5.41, 5.74) is 1.79. The van der Waals surface area contributed by atoms with Crippen molar-refractivity contribution < 1.29 is 23.8 Å². The molecule has 0 unspecified atom stereocenters. The zero-order valence-corrected chi connectivity index (χ0v) is 14.9. The molecule has 0 saturated heterocycles. The van der Waals surface area contributed by atoms with E-state index in [1.807, 2.05) is 35.9 Å². The van der Waals surface area contributed by atoms with E-state index in [1.54, 1.807) is 24.4 Å². The van der Waals surface area contributed by atoms with Gasteiger partial charge in [0.05, 0.1) is 18.8 Å². The molecule has 6 heteroatoms. The van der Waals surface area contributed by atoms with Gasteiger partial charge < -0.3 is 18.8 Å². The number of aromatic nitrogens is 1. The van der Waals surface area contributed by atoms with Crippen molar-refractivity contribution in [2.75, 3.05) is 19.8 Å². The quantitative estimate of drug-likeness (QED) is 0.524. The number of Topliss-reactive ketones (excluding diaryl/α,β-unsaturated/α-hetero) is 1. The summed E-state index contributed by atoms with van der Waals surface area (Å²) in [4.78, 5) is 24.9. The highest BCUT2D eigenvalue weighted by Crippen LogP contribution is 2.30. The molecule has 0 spiro atoms. The SMILES string of the molecule is Cn1cc(C(=O)OCC(=O)c2ccc3c(c2)OCCCO3)c2ccccc21. The summed E-state index contributed by atoms with van der Waals surface area (Å²) in [6.45, 7) is 0.797. The minimum absolute atomic E-state index is 0.292. The highest BCUT2D eigenvalue weighted by molar-refractivity contribution is 6.06. The number of rotatable bonds is 4. The Morgan fingerprint density at radius 3 is 2.70 bits per heavy atom. The molecule has 0 saturated carbocycles. The van der Waals surface area contributed by atoms with Crippen LogP contribution in [0.1, 0.15) is 27.1 Å². The largest absolute Gasteiger partial charge is 0.490 e. The van der Waals surface area contributed by atoms with Gasteiger partial charge in [-0.1, -0.05) is 18.2 Å². The molecule has 138 valence electrons. The zero-order chi connectivity index (χ0) is 18.8. The number of benzene rings is 2. The number of para-hydroxylation sites is 1. The van der Waals surface area contributed by atoms with Crippen molar-refractivity contribution in [3.8, 4) is 11.5 Å². The van der Waals surface area contributed by atoms with E-state index in [0.29, 0.717) is 35.8 Å². The molecule has 0 N–H and O–H groups in total. The predicted octanol–water partition coefficient (Wildman–Crippen LogP) is 3.38. The van der Waals surface area contributed by atoms with E-state index in [-0.39, 0.29) is 12.4 Å². The molecule has 2 heterocycles. The van der Waals surface area contributed by atoms with Crippen LogP contribution >= 0.6 is 0 Å². The van der Waals surface area contributed by atoms with E-state index in [2.05, 4.69) is 0 Å². The highest BCUT2D eigenvalue weighted by Gasteiger charge is 2.18. The third-order valence-electron chi connectivity index (χ3n) is 4.52. The molecule has 1 aromatic heterocycles. The summed E-state index contributed by atoms with van der Waals surface area (Å²) < 4.78 is 18.3. The lowest BCUT2D eigenvalue weighted by atomic mass is 10.1. The maximum Gasteiger partial charge on any atom is 0.340 e. The van der Waals surface area contributed by atoms with Crippen LogP contribution in [-0.2, 0) is 11.8 Å². The Hall–Kier alpha value is -3.28. The Morgan fingerprint density at radius 1 is 1.07 bits per heavy atom. The maximum atomic E-state index is 12.5. The second-order valence-corrected chi connectivity index (χ2v) is 6.38. The van der Waals surface area contributed by atoms with Gasteiger partial charge in [0, 0.05) is 36.1 Å². The first-order chi connectivity index (χ1) is 13.1. The van der Waals surface area contributed by atoms with Crippen LogP contribution in [0.5, 0.6) is 11.5 Å². The Morgan fingerprint density at radius 2 is 1.85 bits per heavy atom. The number of esters is 1. The molecular formula is C21H19NO5. The monoisotopic (exact) mass is 365 g/mol. The number of carbonyl (C=O) groups is 2. The molecule has 3 aromatic rings. The Labute approximate surface area is 156 Å². The first kappa shape index (κ1) is 17.1. The molecule has 1 aliphatic heterocycles. The molecule has 2 aromatic carbocycles. The smallest absolute Gasteiger partial charge is 0.340 e. The summed E-state index contributed by atoms with van der Waals surface area (Å²) in [5, 5.41) is 0.799. The van der Waals surface area contributed by atoms with Crippen LogP contribution < -0.4 is 9.47 Å². The summed E-state index contributed by atoms with van der Waals surface area (Å²) >= 11 is 0. The zero-order valence-electron chi connectivity index (χ0n) is 14.9. The van der Waals surface area contributed by atoms with Crippen molar-refractivity contribution in [1.82, 2.24) is 4.57 Å². The third-order valence-corrected chi connectivity index (χ3v) is 4.52. The van der Waals surface area contributed by atoms with Gasteiger partial charge in [0.1, 0.15) is 0 Å². The van der Waals surface area contributed by atoms with Crippen molar-refractivity contribution in [3.63, 3.8) is 0 Å². The molecule has 0 fully saturated rings. The van der Waals surface area contributed by atoms with Gasteiger partial charge in [-0.25, -0.2) is 4.79 Å². The van der Waals surface area contributed by atoms with Crippen molar-refractivity contribution in [1.29, 1.82) is 0 Å². The molecule has 6 nitrogen and oxygen atoms in total. The van der Waals surface area contributed by atoms with Gasteiger partial charge in [-0.05, 0) is 24.3 Å². The highest BCUT2D eigenvalue weighted by atomic mass is 16.5. The molecule has 4 rings (SSSR count). The minimum Gasteiger partial charge on any atom is -0.490 e. The standard InChI is InChI=1S/C21H19NO5/c1-22-12-16(15-5-2-3-6-17(15)22)21(24)27-13-18(23)14-7-8-19-20(11-14)26-10-4-9-25-19/h2-3,5-8,11-12H,4,9-10,13H2,1H3. The molecule has 0 bridgehead atoms. The number of hydrogen-bond acceptors (Lipinski definition) is 5. The number of hydrogen-bond donors (Lipinski definition) is 0. The number of carbonyl (C=O) groups excluding carboxylic acids is 2. The molecule has 27 heavy (non-hydrogen) atoms. The number of ether oxygens (including phenoxy) is 3. The molecule has 0 amide bonds. The van der Waals surface area contributed by atoms with Crippen LogP contribution in [0.2, 0.25) is 0 Å². The second-order valence-electron chi connectivity index (χ2n) is 6.38. The van der Waals surface area contributed by atoms with Crippen molar-refractivity contribution in [3.05, 3.63) is 59.8 Å². The van der Waals surface area contributed by atoms with Gasteiger partial charge >= 0.3 is 5.97 Å². The fourth-order valence-corrected chi connectivity index (χ4v) is 3.13. The van der Waals surface area contributed by atoms with Gasteiger partial charge in [0.25, 0.3) is 0 Å². The van der Waals surface area contributed by atoms with Gasteiger partial charge in [-0.3, -0.25) is 4.79 Å². The normalized spacial score (nSPS) is 13.2. The lowest BCUT2D eigenvalue weighted by Crippen LogP contribution is -2.14. The summed E-state index contributed by atoms with van der Waals surface area (Å²) in [5.74, 6) is 0.351.